The first-order chi connectivity index (χ1) is 16.4. The quantitative estimate of drug-likeness (QED) is 0.213. The van der Waals surface area contributed by atoms with Crippen LogP contribution in [-0.4, -0.2) is 17.0 Å². The van der Waals surface area contributed by atoms with Crippen LogP contribution in [0.4, 0.5) is 17.1 Å². The molecule has 1 amide bonds. The Morgan fingerprint density at radius 2 is 1.74 bits per heavy atom. The predicted octanol–water partition coefficient (Wildman–Crippen LogP) is 6.58. The zero-order valence-electron chi connectivity index (χ0n) is 18.4. The van der Waals surface area contributed by atoms with Crippen molar-refractivity contribution in [3.63, 3.8) is 0 Å². The Bertz CT molecular complexity index is 1490. The Balaban J connectivity index is 1.42. The zero-order valence-corrected chi connectivity index (χ0v) is 18.4. The Morgan fingerprint density at radius 3 is 2.56 bits per heavy atom. The van der Waals surface area contributed by atoms with Gasteiger partial charge in [0, 0.05) is 6.07 Å². The monoisotopic (exact) mass is 453 g/mol. The van der Waals surface area contributed by atoms with Gasteiger partial charge in [-0.3, -0.25) is 19.9 Å². The smallest absolute Gasteiger partial charge is 0.280 e. The van der Waals surface area contributed by atoms with E-state index in [1.54, 1.807) is 54.6 Å². The molecule has 1 N–H and O–H groups in total. The molecule has 0 spiro atoms. The number of furan rings is 1. The average molecular weight is 453 g/mol. The number of nitro groups is 1. The third kappa shape index (κ3) is 3.93. The number of aliphatic imine (C=N–C) groups is 1. The molecule has 0 fully saturated rings. The number of amides is 1. The fraction of sp³-hybridized carbons (Fsp3) is 0.0769. The van der Waals surface area contributed by atoms with E-state index < -0.39 is 4.92 Å². The van der Waals surface area contributed by atoms with E-state index in [1.807, 2.05) is 26.0 Å². The van der Waals surface area contributed by atoms with Crippen molar-refractivity contribution in [1.29, 1.82) is 0 Å². The Morgan fingerprint density at radius 1 is 0.941 bits per heavy atom. The zero-order chi connectivity index (χ0) is 23.8. The van der Waals surface area contributed by atoms with Crippen LogP contribution in [0.25, 0.3) is 11.3 Å². The van der Waals surface area contributed by atoms with Crippen LogP contribution in [0.15, 0.2) is 76.1 Å². The number of anilines is 1. The molecule has 8 nitrogen and oxygen atoms in total. The Labute approximate surface area is 194 Å². The number of hydrogen-bond donors (Lipinski definition) is 1. The molecular formula is C26H19N3O5. The first-order valence-electron chi connectivity index (χ1n) is 10.5. The van der Waals surface area contributed by atoms with Crippen LogP contribution >= 0.6 is 0 Å². The first-order valence-corrected chi connectivity index (χ1v) is 10.5. The lowest BCUT2D eigenvalue weighted by molar-refractivity contribution is -0.384. The number of fused-ring (bicyclic) bond motifs is 2. The van der Waals surface area contributed by atoms with Gasteiger partial charge in [0.2, 0.25) is 0 Å². The van der Waals surface area contributed by atoms with Crippen molar-refractivity contribution in [1.82, 2.24) is 0 Å². The molecular weight excluding hydrogens is 434 g/mol. The largest absolute Gasteiger partial charge is 0.455 e. The molecule has 1 aliphatic heterocycles. The minimum Gasteiger partial charge on any atom is -0.455 e. The summed E-state index contributed by atoms with van der Waals surface area (Å²) < 4.78 is 11.7. The third-order valence-corrected chi connectivity index (χ3v) is 5.60. The number of ether oxygens (including phenoxy) is 1. The molecule has 4 aromatic rings. The van der Waals surface area contributed by atoms with Gasteiger partial charge >= 0.3 is 0 Å². The van der Waals surface area contributed by atoms with Gasteiger partial charge in [-0.05, 0) is 73.5 Å². The van der Waals surface area contributed by atoms with E-state index in [1.165, 1.54) is 6.21 Å². The van der Waals surface area contributed by atoms with Crippen molar-refractivity contribution in [2.45, 2.75) is 13.8 Å². The van der Waals surface area contributed by atoms with E-state index in [4.69, 9.17) is 9.15 Å². The van der Waals surface area contributed by atoms with Crippen molar-refractivity contribution in [2.75, 3.05) is 5.32 Å². The van der Waals surface area contributed by atoms with Gasteiger partial charge in [0.25, 0.3) is 11.6 Å². The van der Waals surface area contributed by atoms with Gasteiger partial charge in [-0.1, -0.05) is 12.1 Å². The Kier molecular flexibility index (Phi) is 5.18. The molecule has 0 saturated carbocycles. The highest BCUT2D eigenvalue weighted by Crippen LogP contribution is 2.37. The minimum absolute atomic E-state index is 0.0151. The van der Waals surface area contributed by atoms with Gasteiger partial charge in [0.05, 0.1) is 33.6 Å². The van der Waals surface area contributed by atoms with Crippen LogP contribution in [0.3, 0.4) is 0 Å². The highest BCUT2D eigenvalue weighted by atomic mass is 16.6. The molecule has 1 aromatic heterocycles. The molecule has 168 valence electrons. The molecule has 8 heteroatoms. The molecule has 1 aliphatic rings. The number of aryl methyl sites for hydroxylation is 2. The van der Waals surface area contributed by atoms with E-state index in [0.717, 1.165) is 11.1 Å². The molecule has 0 saturated heterocycles. The highest BCUT2D eigenvalue weighted by molar-refractivity contribution is 6.08. The van der Waals surface area contributed by atoms with Gasteiger partial charge in [-0.25, -0.2) is 0 Å². The summed E-state index contributed by atoms with van der Waals surface area (Å²) >= 11 is 0. The SMILES string of the molecule is Cc1cc(-c2ccc(C=Nc3ccc4c(c3)C(=O)Nc3ccccc3O4)o2)c([N+](=O)[O-])cc1C. The lowest BCUT2D eigenvalue weighted by Crippen LogP contribution is -2.10. The molecule has 0 radical (unpaired) electrons. The number of carbonyl (C=O) groups is 1. The fourth-order valence-electron chi connectivity index (χ4n) is 3.69. The molecule has 0 aliphatic carbocycles. The molecule has 0 atom stereocenters. The molecule has 34 heavy (non-hydrogen) atoms. The number of para-hydroxylation sites is 2. The summed E-state index contributed by atoms with van der Waals surface area (Å²) in [6.45, 7) is 3.72. The maximum atomic E-state index is 12.7. The van der Waals surface area contributed by atoms with E-state index in [9.17, 15) is 14.9 Å². The van der Waals surface area contributed by atoms with E-state index >= 15 is 0 Å². The standard InChI is InChI=1S/C26H19N3O5/c1-15-11-19(22(29(31)32)12-16(15)2)23-10-8-18(33-23)14-27-17-7-9-24-20(13-17)26(30)28-21-5-3-4-6-25(21)34-24/h3-14H,1-2H3,(H,28,30). The lowest BCUT2D eigenvalue weighted by atomic mass is 10.0. The van der Waals surface area contributed by atoms with Crippen molar-refractivity contribution < 1.29 is 18.9 Å². The van der Waals surface area contributed by atoms with Crippen molar-refractivity contribution >= 4 is 29.2 Å². The van der Waals surface area contributed by atoms with Gasteiger partial charge in [-0.2, -0.15) is 0 Å². The summed E-state index contributed by atoms with van der Waals surface area (Å²) in [5, 5.41) is 14.3. The fourth-order valence-corrected chi connectivity index (χ4v) is 3.69. The van der Waals surface area contributed by atoms with Crippen LogP contribution in [0, 0.1) is 24.0 Å². The van der Waals surface area contributed by atoms with Crippen molar-refractivity contribution in [3.05, 3.63) is 99.3 Å². The average Bonchev–Trinajstić information content (AvgIpc) is 3.24. The molecule has 0 bridgehead atoms. The van der Waals surface area contributed by atoms with Crippen molar-refractivity contribution in [3.8, 4) is 22.8 Å². The van der Waals surface area contributed by atoms with Crippen LogP contribution in [0.1, 0.15) is 27.2 Å². The minimum atomic E-state index is -0.418. The first kappa shape index (κ1) is 21.1. The van der Waals surface area contributed by atoms with Crippen molar-refractivity contribution in [2.24, 2.45) is 4.99 Å². The molecule has 0 unspecified atom stereocenters. The number of nitro benzene ring substituents is 1. The van der Waals surface area contributed by atoms with Gasteiger partial charge in [0.15, 0.2) is 5.75 Å². The summed E-state index contributed by atoms with van der Waals surface area (Å²) in [5.41, 5.74) is 3.64. The summed E-state index contributed by atoms with van der Waals surface area (Å²) in [7, 11) is 0. The Hall–Kier alpha value is -4.72. The second-order valence-corrected chi connectivity index (χ2v) is 7.90. The van der Waals surface area contributed by atoms with Crippen LogP contribution in [-0.2, 0) is 0 Å². The predicted molar refractivity (Wildman–Crippen MR) is 128 cm³/mol. The second-order valence-electron chi connectivity index (χ2n) is 7.90. The van der Waals surface area contributed by atoms with Crippen LogP contribution in [0.2, 0.25) is 0 Å². The lowest BCUT2D eigenvalue weighted by Gasteiger charge is -2.07. The maximum Gasteiger partial charge on any atom is 0.280 e. The number of rotatable bonds is 4. The summed E-state index contributed by atoms with van der Waals surface area (Å²) in [4.78, 5) is 28.2. The second kappa shape index (κ2) is 8.32. The number of carbonyl (C=O) groups excluding carboxylic acids is 1. The number of hydrogen-bond acceptors (Lipinski definition) is 6. The summed E-state index contributed by atoms with van der Waals surface area (Å²) in [5.74, 6) is 1.51. The maximum absolute atomic E-state index is 12.7. The highest BCUT2D eigenvalue weighted by Gasteiger charge is 2.21. The molecule has 2 heterocycles. The normalized spacial score (nSPS) is 12.5. The van der Waals surface area contributed by atoms with Gasteiger partial charge in [0.1, 0.15) is 17.3 Å². The third-order valence-electron chi connectivity index (χ3n) is 5.60. The summed E-state index contributed by atoms with van der Waals surface area (Å²) in [6, 6.07) is 18.9. The van der Waals surface area contributed by atoms with E-state index in [-0.39, 0.29) is 11.6 Å². The van der Waals surface area contributed by atoms with Gasteiger partial charge in [-0.15, -0.1) is 0 Å². The summed E-state index contributed by atoms with van der Waals surface area (Å²) in [6.07, 6.45) is 1.50. The number of nitrogens with one attached hydrogen (secondary N) is 1. The number of benzene rings is 3. The topological polar surface area (TPSA) is 107 Å². The van der Waals surface area contributed by atoms with E-state index in [0.29, 0.717) is 45.5 Å². The van der Waals surface area contributed by atoms with E-state index in [2.05, 4.69) is 10.3 Å². The number of nitrogens with zero attached hydrogens (tertiary/aromatic N) is 2. The molecule has 3 aromatic carbocycles. The van der Waals surface area contributed by atoms with Crippen LogP contribution in [0.5, 0.6) is 11.5 Å². The van der Waals surface area contributed by atoms with Crippen LogP contribution < -0.4 is 10.1 Å². The molecule has 5 rings (SSSR count). The van der Waals surface area contributed by atoms with Gasteiger partial charge < -0.3 is 14.5 Å².